The van der Waals surface area contributed by atoms with Gasteiger partial charge in [0.05, 0.1) is 6.16 Å². The molecule has 160 valence electrons. The van der Waals surface area contributed by atoms with Crippen LogP contribution in [0.4, 0.5) is 0 Å². The van der Waals surface area contributed by atoms with Gasteiger partial charge in [0.1, 0.15) is 0 Å². The molecule has 27 heavy (non-hydrogen) atoms. The zero-order chi connectivity index (χ0) is 20.2. The number of carbonyl (C=O) groups excluding carboxylic acids is 1. The normalized spacial score (nSPS) is 12.0. The Morgan fingerprint density at radius 1 is 0.815 bits per heavy atom. The van der Waals surface area contributed by atoms with E-state index < -0.39 is 7.60 Å². The first-order valence-electron chi connectivity index (χ1n) is 10.9. The smallest absolute Gasteiger partial charge is 0.325 e. The molecule has 0 heterocycles. The molecule has 0 unspecified atom stereocenters. The third-order valence-electron chi connectivity index (χ3n) is 4.61. The molecule has 0 rings (SSSR count). The number of nitrogens with one attached hydrogen (secondary N) is 1. The highest BCUT2D eigenvalue weighted by Gasteiger charge is 2.11. The molecular formula is C21H42NO4P. The van der Waals surface area contributed by atoms with Crippen molar-refractivity contribution in [3.8, 4) is 0 Å². The van der Waals surface area contributed by atoms with E-state index in [4.69, 9.17) is 9.79 Å². The summed E-state index contributed by atoms with van der Waals surface area (Å²) in [5, 5.41) is 2.71. The van der Waals surface area contributed by atoms with Crippen molar-refractivity contribution in [3.63, 3.8) is 0 Å². The van der Waals surface area contributed by atoms with Gasteiger partial charge in [-0.2, -0.15) is 0 Å². The minimum Gasteiger partial charge on any atom is -0.356 e. The van der Waals surface area contributed by atoms with Crippen LogP contribution in [0.3, 0.4) is 0 Å². The lowest BCUT2D eigenvalue weighted by Crippen LogP contribution is -2.24. The molecule has 0 fully saturated rings. The van der Waals surface area contributed by atoms with Crippen LogP contribution in [0.5, 0.6) is 0 Å². The topological polar surface area (TPSA) is 86.6 Å². The van der Waals surface area contributed by atoms with E-state index in [-0.39, 0.29) is 12.1 Å². The van der Waals surface area contributed by atoms with Crippen molar-refractivity contribution < 1.29 is 19.1 Å². The lowest BCUT2D eigenvalue weighted by atomic mass is 10.1. The minimum atomic E-state index is -3.94. The fraction of sp³-hybridized carbons (Fsp3) is 0.857. The van der Waals surface area contributed by atoms with Gasteiger partial charge in [0.2, 0.25) is 5.91 Å². The lowest BCUT2D eigenvalue weighted by Gasteiger charge is -2.06. The number of rotatable bonds is 19. The molecule has 5 nitrogen and oxygen atoms in total. The molecule has 0 aliphatic rings. The summed E-state index contributed by atoms with van der Waals surface area (Å²) in [4.78, 5) is 29.0. The number of carbonyl (C=O) groups is 1. The number of unbranched alkanes of at least 4 members (excludes halogenated alkanes) is 11. The van der Waals surface area contributed by atoms with Crippen LogP contribution in [0.15, 0.2) is 12.2 Å². The third-order valence-corrected chi connectivity index (χ3v) is 5.51. The Labute approximate surface area is 166 Å². The van der Waals surface area contributed by atoms with Crippen LogP contribution in [-0.2, 0) is 9.36 Å². The zero-order valence-corrected chi connectivity index (χ0v) is 18.2. The van der Waals surface area contributed by atoms with Gasteiger partial charge in [-0.15, -0.1) is 0 Å². The Bertz CT molecular complexity index is 420. The average Bonchev–Trinajstić information content (AvgIpc) is 2.61. The van der Waals surface area contributed by atoms with E-state index in [0.717, 1.165) is 25.7 Å². The van der Waals surface area contributed by atoms with Crippen molar-refractivity contribution >= 4 is 13.5 Å². The van der Waals surface area contributed by atoms with Crippen molar-refractivity contribution in [2.24, 2.45) is 0 Å². The van der Waals surface area contributed by atoms with Crippen molar-refractivity contribution in [3.05, 3.63) is 12.2 Å². The maximum atomic E-state index is 11.6. The highest BCUT2D eigenvalue weighted by molar-refractivity contribution is 7.51. The Morgan fingerprint density at radius 3 is 1.89 bits per heavy atom. The first-order chi connectivity index (χ1) is 13.0. The first-order valence-corrected chi connectivity index (χ1v) is 12.7. The highest BCUT2D eigenvalue weighted by atomic mass is 31.2. The van der Waals surface area contributed by atoms with Crippen molar-refractivity contribution in [1.29, 1.82) is 0 Å². The molecule has 0 saturated heterocycles. The van der Waals surface area contributed by atoms with Gasteiger partial charge < -0.3 is 15.1 Å². The molecule has 0 aromatic heterocycles. The van der Waals surface area contributed by atoms with E-state index in [1.807, 2.05) is 0 Å². The van der Waals surface area contributed by atoms with Crippen LogP contribution in [0, 0.1) is 0 Å². The second kappa shape index (κ2) is 18.7. The summed E-state index contributed by atoms with van der Waals surface area (Å²) >= 11 is 0. The molecule has 0 aromatic carbocycles. The molecule has 3 N–H and O–H groups in total. The Kier molecular flexibility index (Phi) is 18.3. The first kappa shape index (κ1) is 26.4. The van der Waals surface area contributed by atoms with Crippen LogP contribution >= 0.6 is 7.60 Å². The van der Waals surface area contributed by atoms with Crippen LogP contribution in [0.2, 0.25) is 0 Å². The number of hydrogen-bond acceptors (Lipinski definition) is 2. The van der Waals surface area contributed by atoms with Gasteiger partial charge in [-0.3, -0.25) is 9.36 Å². The van der Waals surface area contributed by atoms with E-state index in [2.05, 4.69) is 24.4 Å². The molecule has 0 aromatic rings. The monoisotopic (exact) mass is 403 g/mol. The summed E-state index contributed by atoms with van der Waals surface area (Å²) in [6.45, 7) is 2.59. The van der Waals surface area contributed by atoms with Crippen molar-refractivity contribution in [2.75, 3.05) is 12.7 Å². The second-order valence-corrected chi connectivity index (χ2v) is 9.20. The molecule has 0 atom stereocenters. The molecule has 0 aliphatic heterocycles. The molecule has 0 aliphatic carbocycles. The maximum absolute atomic E-state index is 11.6. The van der Waals surface area contributed by atoms with Gasteiger partial charge in [-0.25, -0.2) is 0 Å². The summed E-state index contributed by atoms with van der Waals surface area (Å²) in [5.41, 5.74) is 0. The van der Waals surface area contributed by atoms with Crippen molar-refractivity contribution in [2.45, 2.75) is 103 Å². The molecule has 1 amide bonds. The number of amides is 1. The SMILES string of the molecule is CCCCCCCC/C=C\CCCCCCCC(=O)NCCCP(=O)(O)O. The Balaban J connectivity index is 3.27. The molecule has 0 spiro atoms. The van der Waals surface area contributed by atoms with E-state index in [1.54, 1.807) is 0 Å². The van der Waals surface area contributed by atoms with E-state index in [0.29, 0.717) is 19.4 Å². The van der Waals surface area contributed by atoms with Gasteiger partial charge in [-0.05, 0) is 38.5 Å². The molecule has 6 heteroatoms. The summed E-state index contributed by atoms with van der Waals surface area (Å²) in [6, 6.07) is 0. The minimum absolute atomic E-state index is 0.0154. The van der Waals surface area contributed by atoms with Crippen LogP contribution in [-0.4, -0.2) is 28.4 Å². The van der Waals surface area contributed by atoms with Crippen LogP contribution < -0.4 is 5.32 Å². The lowest BCUT2D eigenvalue weighted by molar-refractivity contribution is -0.121. The summed E-state index contributed by atoms with van der Waals surface area (Å²) in [5.74, 6) is -0.0154. The van der Waals surface area contributed by atoms with E-state index in [1.165, 1.54) is 57.8 Å². The fourth-order valence-corrected chi connectivity index (χ4v) is 3.53. The quantitative estimate of drug-likeness (QED) is 0.146. The fourth-order valence-electron chi connectivity index (χ4n) is 2.96. The van der Waals surface area contributed by atoms with Gasteiger partial charge in [-0.1, -0.05) is 70.4 Å². The average molecular weight is 404 g/mol. The highest BCUT2D eigenvalue weighted by Crippen LogP contribution is 2.34. The summed E-state index contributed by atoms with van der Waals surface area (Å²) in [6.07, 6.45) is 21.4. The molecule has 0 bridgehead atoms. The zero-order valence-electron chi connectivity index (χ0n) is 17.3. The number of allylic oxidation sites excluding steroid dienone is 2. The molecule has 0 saturated carbocycles. The molecular weight excluding hydrogens is 361 g/mol. The predicted octanol–water partition coefficient (Wildman–Crippen LogP) is 5.71. The molecule has 0 radical (unpaired) electrons. The van der Waals surface area contributed by atoms with Gasteiger partial charge >= 0.3 is 7.60 Å². The van der Waals surface area contributed by atoms with Gasteiger partial charge in [0.25, 0.3) is 0 Å². The Hall–Kier alpha value is -0.640. The third kappa shape index (κ3) is 23.3. The predicted molar refractivity (Wildman–Crippen MR) is 114 cm³/mol. The summed E-state index contributed by atoms with van der Waals surface area (Å²) < 4.78 is 10.7. The Morgan fingerprint density at radius 2 is 1.33 bits per heavy atom. The number of hydrogen-bond donors (Lipinski definition) is 3. The van der Waals surface area contributed by atoms with Crippen molar-refractivity contribution in [1.82, 2.24) is 5.32 Å². The van der Waals surface area contributed by atoms with Gasteiger partial charge in [0, 0.05) is 13.0 Å². The summed E-state index contributed by atoms with van der Waals surface area (Å²) in [7, 11) is -3.94. The largest absolute Gasteiger partial charge is 0.356 e. The maximum Gasteiger partial charge on any atom is 0.325 e. The van der Waals surface area contributed by atoms with Gasteiger partial charge in [0.15, 0.2) is 0 Å². The standard InChI is InChI=1S/C21H42NO4P/c1-2-3-4-5-6-7-8-9-10-11-12-13-14-15-16-18-21(23)22-19-17-20-27(24,25)26/h9-10H,2-8,11-20H2,1H3,(H,22,23)(H2,24,25,26)/b10-9-. The van der Waals surface area contributed by atoms with E-state index in [9.17, 15) is 9.36 Å². The van der Waals surface area contributed by atoms with Crippen LogP contribution in [0.1, 0.15) is 103 Å². The second-order valence-electron chi connectivity index (χ2n) is 7.43. The van der Waals surface area contributed by atoms with E-state index >= 15 is 0 Å². The van der Waals surface area contributed by atoms with Crippen LogP contribution in [0.25, 0.3) is 0 Å².